The number of nitrogens with zero attached hydrogens (tertiary/aromatic N) is 5. The molecule has 0 aromatic carbocycles. The van der Waals surface area contributed by atoms with Crippen LogP contribution < -0.4 is 0 Å². The minimum absolute atomic E-state index is 0.00470. The Morgan fingerprint density at radius 3 is 2.63 bits per heavy atom. The summed E-state index contributed by atoms with van der Waals surface area (Å²) in [6.07, 6.45) is 3.23. The van der Waals surface area contributed by atoms with Gasteiger partial charge in [0.1, 0.15) is 16.1 Å². The first-order chi connectivity index (χ1) is 14.0. The van der Waals surface area contributed by atoms with Crippen molar-refractivity contribution in [3.8, 4) is 11.5 Å². The third kappa shape index (κ3) is 3.22. The third-order valence-electron chi connectivity index (χ3n) is 4.93. The molecule has 3 aromatic rings. The van der Waals surface area contributed by atoms with Crippen molar-refractivity contribution in [3.05, 3.63) is 35.7 Å². The molecule has 0 saturated carbocycles. The minimum atomic E-state index is -4.56. The summed E-state index contributed by atoms with van der Waals surface area (Å²) in [5.74, 6) is 0.0546. The van der Waals surface area contributed by atoms with Crippen molar-refractivity contribution in [1.82, 2.24) is 24.3 Å². The zero-order valence-electron chi connectivity index (χ0n) is 16.3. The second kappa shape index (κ2) is 6.79. The molecule has 11 heteroatoms. The number of rotatable bonds is 3. The number of imidazole rings is 1. The van der Waals surface area contributed by atoms with Crippen LogP contribution in [0.15, 0.2) is 29.3 Å². The number of aromatic nitrogens is 5. The molecular weight excluding hydrogens is 419 g/mol. The number of hydrogen-bond donors (Lipinski definition) is 0. The van der Waals surface area contributed by atoms with E-state index in [0.717, 1.165) is 12.3 Å². The van der Waals surface area contributed by atoms with E-state index in [2.05, 4.69) is 15.1 Å². The lowest BCUT2D eigenvalue weighted by Crippen LogP contribution is -2.07. The van der Waals surface area contributed by atoms with Gasteiger partial charge >= 0.3 is 6.18 Å². The van der Waals surface area contributed by atoms with Crippen LogP contribution in [0.3, 0.4) is 0 Å². The number of hydrogen-bond acceptors (Lipinski definition) is 5. The van der Waals surface area contributed by atoms with Crippen LogP contribution in [0.1, 0.15) is 25.1 Å². The van der Waals surface area contributed by atoms with E-state index in [4.69, 9.17) is 0 Å². The van der Waals surface area contributed by atoms with Crippen LogP contribution in [0.4, 0.5) is 13.2 Å². The van der Waals surface area contributed by atoms with Crippen molar-refractivity contribution >= 4 is 33.3 Å². The molecule has 158 valence electrons. The van der Waals surface area contributed by atoms with Crippen LogP contribution >= 0.6 is 0 Å². The predicted molar refractivity (Wildman–Crippen MR) is 106 cm³/mol. The van der Waals surface area contributed by atoms with Crippen molar-refractivity contribution in [2.45, 2.75) is 24.9 Å². The largest absolute Gasteiger partial charge is 0.417 e. The first-order valence-electron chi connectivity index (χ1n) is 9.14. The number of allylic oxidation sites excluding steroid dienone is 2. The van der Waals surface area contributed by atoms with E-state index in [1.54, 1.807) is 19.3 Å². The average Bonchev–Trinajstić information content (AvgIpc) is 3.16. The number of halogens is 3. The molecule has 0 bridgehead atoms. The molecule has 1 atom stereocenters. The zero-order chi connectivity index (χ0) is 21.8. The molecule has 0 saturated heterocycles. The third-order valence-corrected chi connectivity index (χ3v) is 6.71. The summed E-state index contributed by atoms with van der Waals surface area (Å²) >= 11 is 0. The summed E-state index contributed by atoms with van der Waals surface area (Å²) in [4.78, 5) is 8.13. The molecule has 0 fully saturated rings. The first-order valence-corrected chi connectivity index (χ1v) is 10.8. The second-order valence-electron chi connectivity index (χ2n) is 7.03. The maximum atomic E-state index is 13.1. The van der Waals surface area contributed by atoms with E-state index in [1.807, 2.05) is 19.1 Å². The van der Waals surface area contributed by atoms with Gasteiger partial charge in [-0.3, -0.25) is 0 Å². The summed E-state index contributed by atoms with van der Waals surface area (Å²) in [6.45, 7) is 3.47. The van der Waals surface area contributed by atoms with E-state index in [9.17, 15) is 21.6 Å². The highest BCUT2D eigenvalue weighted by atomic mass is 32.2. The molecule has 1 aliphatic heterocycles. The summed E-state index contributed by atoms with van der Waals surface area (Å²) < 4.78 is 67.9. The van der Waals surface area contributed by atoms with E-state index in [-0.39, 0.29) is 39.2 Å². The molecule has 0 radical (unpaired) electrons. The molecule has 1 unspecified atom stereocenters. The molecule has 0 N–H and O–H groups in total. The highest BCUT2D eigenvalue weighted by Gasteiger charge is 2.33. The molecule has 3 aromatic heterocycles. The van der Waals surface area contributed by atoms with Crippen molar-refractivity contribution in [1.29, 1.82) is 0 Å². The van der Waals surface area contributed by atoms with Gasteiger partial charge in [0.15, 0.2) is 21.3 Å². The van der Waals surface area contributed by atoms with Gasteiger partial charge in [0.2, 0.25) is 0 Å². The van der Waals surface area contributed by atoms with Gasteiger partial charge in [-0.05, 0) is 18.1 Å². The molecule has 4 heterocycles. The monoisotopic (exact) mass is 437 g/mol. The van der Waals surface area contributed by atoms with Crippen LogP contribution in [-0.4, -0.2) is 38.5 Å². The second-order valence-corrected chi connectivity index (χ2v) is 9.24. The first kappa shape index (κ1) is 20.3. The standard InChI is InChI=1S/C19H18F3N5O2S/c1-4-30(28,29)16-14-6-5-11(2)7-8-27(14)25-15(16)18-24-13-9-12(19(20,21)22)10-23-17(13)26(18)3/h5-11H,4H2,1-3H3. The Morgan fingerprint density at radius 1 is 1.23 bits per heavy atom. The van der Waals surface area contributed by atoms with Crippen molar-refractivity contribution in [3.63, 3.8) is 0 Å². The Hall–Kier alpha value is -2.95. The Labute approximate surface area is 170 Å². The smallest absolute Gasteiger partial charge is 0.310 e. The van der Waals surface area contributed by atoms with Gasteiger partial charge in [0, 0.05) is 19.4 Å². The van der Waals surface area contributed by atoms with E-state index >= 15 is 0 Å². The summed E-state index contributed by atoms with van der Waals surface area (Å²) in [5, 5.41) is 4.42. The fourth-order valence-corrected chi connectivity index (χ4v) is 4.46. The van der Waals surface area contributed by atoms with Crippen LogP contribution in [-0.2, 0) is 23.1 Å². The Kier molecular flexibility index (Phi) is 4.60. The number of fused-ring (bicyclic) bond motifs is 2. The van der Waals surface area contributed by atoms with Gasteiger partial charge < -0.3 is 4.57 Å². The van der Waals surface area contributed by atoms with Gasteiger partial charge in [-0.15, -0.1) is 0 Å². The van der Waals surface area contributed by atoms with Crippen LogP contribution in [0.2, 0.25) is 0 Å². The summed E-state index contributed by atoms with van der Waals surface area (Å²) in [7, 11) is -2.16. The number of pyridine rings is 1. The lowest BCUT2D eigenvalue weighted by molar-refractivity contribution is -0.137. The molecule has 30 heavy (non-hydrogen) atoms. The summed E-state index contributed by atoms with van der Waals surface area (Å²) in [6, 6.07) is 0.891. The fraction of sp³-hybridized carbons (Fsp3) is 0.316. The van der Waals surface area contributed by atoms with Crippen molar-refractivity contribution < 1.29 is 21.6 Å². The molecular formula is C19H18F3N5O2S. The summed E-state index contributed by atoms with van der Waals surface area (Å²) in [5.41, 5.74) is -0.277. The lowest BCUT2D eigenvalue weighted by Gasteiger charge is -2.05. The van der Waals surface area contributed by atoms with Crippen molar-refractivity contribution in [2.24, 2.45) is 13.0 Å². The van der Waals surface area contributed by atoms with E-state index in [1.165, 1.54) is 16.2 Å². The van der Waals surface area contributed by atoms with Gasteiger partial charge in [0.05, 0.1) is 17.0 Å². The predicted octanol–water partition coefficient (Wildman–Crippen LogP) is 3.78. The van der Waals surface area contributed by atoms with Crippen LogP contribution in [0.5, 0.6) is 0 Å². The normalized spacial score (nSPS) is 16.8. The number of sulfone groups is 1. The van der Waals surface area contributed by atoms with Gasteiger partial charge in [-0.1, -0.05) is 26.0 Å². The quantitative estimate of drug-likeness (QED) is 0.623. The molecule has 4 rings (SSSR count). The van der Waals surface area contributed by atoms with Crippen LogP contribution in [0.25, 0.3) is 35.0 Å². The number of aryl methyl sites for hydroxylation is 1. The Morgan fingerprint density at radius 2 is 1.97 bits per heavy atom. The van der Waals surface area contributed by atoms with E-state index < -0.39 is 21.6 Å². The Bertz CT molecular complexity index is 1320. The SMILES string of the molecule is CCS(=O)(=O)c1c(-c2nc3cc(C(F)(F)F)cnc3n2C)nn2c1C=CC(C)C=C2. The number of alkyl halides is 3. The molecule has 7 nitrogen and oxygen atoms in total. The lowest BCUT2D eigenvalue weighted by atomic mass is 10.1. The maximum absolute atomic E-state index is 13.1. The minimum Gasteiger partial charge on any atom is -0.310 e. The molecule has 1 aliphatic rings. The topological polar surface area (TPSA) is 82.7 Å². The van der Waals surface area contributed by atoms with E-state index in [0.29, 0.717) is 5.69 Å². The molecule has 0 amide bonds. The van der Waals surface area contributed by atoms with Crippen molar-refractivity contribution in [2.75, 3.05) is 5.75 Å². The molecule has 0 spiro atoms. The van der Waals surface area contributed by atoms with Crippen LogP contribution in [0, 0.1) is 5.92 Å². The van der Waals surface area contributed by atoms with Gasteiger partial charge in [0.25, 0.3) is 0 Å². The fourth-order valence-electron chi connectivity index (χ4n) is 3.26. The van der Waals surface area contributed by atoms with Gasteiger partial charge in [-0.2, -0.15) is 18.3 Å². The van der Waals surface area contributed by atoms with Gasteiger partial charge in [-0.25, -0.2) is 23.1 Å². The Balaban J connectivity index is 2.01. The zero-order valence-corrected chi connectivity index (χ0v) is 17.2. The molecule has 0 aliphatic carbocycles. The highest BCUT2D eigenvalue weighted by molar-refractivity contribution is 7.91. The average molecular weight is 437 g/mol. The highest BCUT2D eigenvalue weighted by Crippen LogP contribution is 2.35. The maximum Gasteiger partial charge on any atom is 0.417 e.